The van der Waals surface area contributed by atoms with Crippen LogP contribution >= 0.6 is 11.3 Å². The first kappa shape index (κ1) is 8.74. The summed E-state index contributed by atoms with van der Waals surface area (Å²) in [5.41, 5.74) is 0. The van der Waals surface area contributed by atoms with Crippen molar-refractivity contribution < 1.29 is 0 Å². The second-order valence-electron chi connectivity index (χ2n) is 5.83. The highest BCUT2D eigenvalue weighted by Crippen LogP contribution is 2.59. The molecule has 1 heterocycles. The molecule has 5 rings (SSSR count). The highest BCUT2D eigenvalue weighted by atomic mass is 32.1. The molecule has 2 heteroatoms. The molecule has 0 N–H and O–H groups in total. The van der Waals surface area contributed by atoms with Gasteiger partial charge < -0.3 is 0 Å². The van der Waals surface area contributed by atoms with Gasteiger partial charge in [-0.1, -0.05) is 0 Å². The fourth-order valence-corrected chi connectivity index (χ4v) is 5.65. The van der Waals surface area contributed by atoms with E-state index in [0.29, 0.717) is 0 Å². The smallest absolute Gasteiger partial charge is 0.0961 e. The van der Waals surface area contributed by atoms with E-state index in [0.717, 1.165) is 29.6 Å². The Bertz CT molecular complexity index is 329. The third-order valence-electron chi connectivity index (χ3n) is 4.96. The zero-order valence-electron chi connectivity index (χ0n) is 8.93. The lowest BCUT2D eigenvalue weighted by atomic mass is 9.52. The van der Waals surface area contributed by atoms with Crippen LogP contribution in [0.25, 0.3) is 0 Å². The van der Waals surface area contributed by atoms with Crippen molar-refractivity contribution in [3.8, 4) is 0 Å². The van der Waals surface area contributed by atoms with Crippen LogP contribution in [0.1, 0.15) is 43.0 Å². The van der Waals surface area contributed by atoms with Gasteiger partial charge in [0.05, 0.1) is 5.01 Å². The second-order valence-corrected chi connectivity index (χ2v) is 6.75. The monoisotopic (exact) mass is 219 g/mol. The van der Waals surface area contributed by atoms with Gasteiger partial charge in [-0.2, -0.15) is 0 Å². The van der Waals surface area contributed by atoms with Crippen molar-refractivity contribution in [2.75, 3.05) is 0 Å². The van der Waals surface area contributed by atoms with E-state index >= 15 is 0 Å². The van der Waals surface area contributed by atoms with E-state index in [2.05, 4.69) is 10.4 Å². The second kappa shape index (κ2) is 3.07. The van der Waals surface area contributed by atoms with Crippen molar-refractivity contribution in [3.05, 3.63) is 16.6 Å². The standard InChI is InChI=1S/C13H17NS/c1-2-15-13(14-1)12-10-4-8-3-9(6-10)7-11(12)5-8/h1-2,8-12H,3-7H2. The molecule has 0 amide bonds. The molecular weight excluding hydrogens is 202 g/mol. The zero-order chi connectivity index (χ0) is 9.83. The van der Waals surface area contributed by atoms with E-state index in [1.807, 2.05) is 17.5 Å². The van der Waals surface area contributed by atoms with Crippen LogP contribution in [0.3, 0.4) is 0 Å². The fraction of sp³-hybridized carbons (Fsp3) is 0.769. The highest BCUT2D eigenvalue weighted by molar-refractivity contribution is 7.09. The molecule has 0 spiro atoms. The van der Waals surface area contributed by atoms with Gasteiger partial charge in [0.2, 0.25) is 0 Å². The molecule has 4 bridgehead atoms. The van der Waals surface area contributed by atoms with Crippen molar-refractivity contribution in [1.82, 2.24) is 4.98 Å². The van der Waals surface area contributed by atoms with Gasteiger partial charge in [0.25, 0.3) is 0 Å². The molecule has 0 unspecified atom stereocenters. The molecule has 1 nitrogen and oxygen atoms in total. The number of rotatable bonds is 1. The topological polar surface area (TPSA) is 12.9 Å². The number of hydrogen-bond donors (Lipinski definition) is 0. The summed E-state index contributed by atoms with van der Waals surface area (Å²) in [6.07, 6.45) is 9.59. The van der Waals surface area contributed by atoms with Crippen LogP contribution in [0.5, 0.6) is 0 Å². The molecule has 4 aliphatic rings. The quantitative estimate of drug-likeness (QED) is 0.702. The summed E-state index contributed by atoms with van der Waals surface area (Å²) in [5.74, 6) is 5.00. The van der Waals surface area contributed by atoms with Crippen LogP contribution < -0.4 is 0 Å². The largest absolute Gasteiger partial charge is 0.249 e. The summed E-state index contributed by atoms with van der Waals surface area (Å²) in [6.45, 7) is 0. The maximum atomic E-state index is 4.58. The predicted octanol–water partition coefficient (Wildman–Crippen LogP) is 3.68. The van der Waals surface area contributed by atoms with E-state index in [-0.39, 0.29) is 0 Å². The summed E-state index contributed by atoms with van der Waals surface area (Å²) in [6, 6.07) is 0. The Balaban J connectivity index is 1.71. The van der Waals surface area contributed by atoms with Gasteiger partial charge in [0.1, 0.15) is 0 Å². The summed E-state index contributed by atoms with van der Waals surface area (Å²) in [4.78, 5) is 4.58. The molecule has 4 aliphatic carbocycles. The molecule has 80 valence electrons. The van der Waals surface area contributed by atoms with Gasteiger partial charge in [-0.25, -0.2) is 4.98 Å². The highest BCUT2D eigenvalue weighted by Gasteiger charge is 2.49. The van der Waals surface area contributed by atoms with Crippen LogP contribution in [0.15, 0.2) is 11.6 Å². The van der Waals surface area contributed by atoms with Crippen molar-refractivity contribution in [2.24, 2.45) is 23.7 Å². The third kappa shape index (κ3) is 1.24. The Morgan fingerprint density at radius 2 is 1.67 bits per heavy atom. The lowest BCUT2D eigenvalue weighted by Gasteiger charge is -2.53. The summed E-state index contributed by atoms with van der Waals surface area (Å²) in [5, 5.41) is 3.60. The first-order valence-corrected chi connectivity index (χ1v) is 7.17. The van der Waals surface area contributed by atoms with E-state index in [1.54, 1.807) is 6.42 Å². The zero-order valence-corrected chi connectivity index (χ0v) is 9.75. The molecule has 1 aromatic rings. The molecule has 4 saturated carbocycles. The fourth-order valence-electron chi connectivity index (χ4n) is 4.73. The molecule has 0 atom stereocenters. The molecule has 0 aromatic carbocycles. The Hall–Kier alpha value is -0.370. The SMILES string of the molecule is c1csc(C2C3CC4CC(C3)CC2C4)n1. The summed E-state index contributed by atoms with van der Waals surface area (Å²) >= 11 is 1.89. The average molecular weight is 219 g/mol. The molecule has 0 saturated heterocycles. The van der Waals surface area contributed by atoms with Crippen LogP contribution in [-0.2, 0) is 0 Å². The molecule has 1 aromatic heterocycles. The van der Waals surface area contributed by atoms with Gasteiger partial charge in [-0.05, 0) is 55.8 Å². The van der Waals surface area contributed by atoms with Crippen molar-refractivity contribution in [2.45, 2.75) is 38.0 Å². The summed E-state index contributed by atoms with van der Waals surface area (Å²) < 4.78 is 0. The summed E-state index contributed by atoms with van der Waals surface area (Å²) in [7, 11) is 0. The van der Waals surface area contributed by atoms with Gasteiger partial charge in [-0.3, -0.25) is 0 Å². The molecule has 0 radical (unpaired) electrons. The minimum Gasteiger partial charge on any atom is -0.249 e. The number of hydrogen-bond acceptors (Lipinski definition) is 2. The number of nitrogens with zero attached hydrogens (tertiary/aromatic N) is 1. The molecule has 15 heavy (non-hydrogen) atoms. The Labute approximate surface area is 94.9 Å². The van der Waals surface area contributed by atoms with Gasteiger partial charge in [0.15, 0.2) is 0 Å². The lowest BCUT2D eigenvalue weighted by Crippen LogP contribution is -2.43. The average Bonchev–Trinajstić information content (AvgIpc) is 2.69. The molecule has 0 aliphatic heterocycles. The van der Waals surface area contributed by atoms with Crippen molar-refractivity contribution >= 4 is 11.3 Å². The normalized spacial score (nSPS) is 47.3. The van der Waals surface area contributed by atoms with E-state index in [4.69, 9.17) is 0 Å². The Morgan fingerprint density at radius 1 is 1.00 bits per heavy atom. The van der Waals surface area contributed by atoms with E-state index in [1.165, 1.54) is 30.7 Å². The number of aromatic nitrogens is 1. The minimum atomic E-state index is 0.845. The van der Waals surface area contributed by atoms with Gasteiger partial charge >= 0.3 is 0 Å². The Morgan fingerprint density at radius 3 is 2.20 bits per heavy atom. The maximum absolute atomic E-state index is 4.58. The van der Waals surface area contributed by atoms with Crippen LogP contribution in [0.2, 0.25) is 0 Å². The van der Waals surface area contributed by atoms with Crippen LogP contribution in [0, 0.1) is 23.7 Å². The minimum absolute atomic E-state index is 0.845. The van der Waals surface area contributed by atoms with Gasteiger partial charge in [-0.15, -0.1) is 11.3 Å². The number of thiazole rings is 1. The third-order valence-corrected chi connectivity index (χ3v) is 5.84. The first-order valence-electron chi connectivity index (χ1n) is 6.29. The Kier molecular flexibility index (Phi) is 1.79. The van der Waals surface area contributed by atoms with Crippen molar-refractivity contribution in [3.63, 3.8) is 0 Å². The molecular formula is C13H17NS. The maximum Gasteiger partial charge on any atom is 0.0961 e. The van der Waals surface area contributed by atoms with Crippen LogP contribution in [0.4, 0.5) is 0 Å². The van der Waals surface area contributed by atoms with E-state index < -0.39 is 0 Å². The van der Waals surface area contributed by atoms with Crippen molar-refractivity contribution in [1.29, 1.82) is 0 Å². The molecule has 4 fully saturated rings. The lowest BCUT2D eigenvalue weighted by molar-refractivity contribution is -0.00283. The first-order chi connectivity index (χ1) is 7.40. The predicted molar refractivity (Wildman–Crippen MR) is 61.9 cm³/mol. The van der Waals surface area contributed by atoms with Crippen LogP contribution in [-0.4, -0.2) is 4.98 Å². The van der Waals surface area contributed by atoms with Gasteiger partial charge in [0, 0.05) is 17.5 Å². The van der Waals surface area contributed by atoms with E-state index in [9.17, 15) is 0 Å².